The highest BCUT2D eigenvalue weighted by Crippen LogP contribution is 2.22. The van der Waals surface area contributed by atoms with Gasteiger partial charge in [0.2, 0.25) is 5.91 Å². The number of ether oxygens (including phenoxy) is 3. The molecule has 0 unspecified atom stereocenters. The number of rotatable bonds is 10. The summed E-state index contributed by atoms with van der Waals surface area (Å²) in [5.74, 6) is -0.274. The van der Waals surface area contributed by atoms with E-state index >= 15 is 0 Å². The molecule has 0 atom stereocenters. The van der Waals surface area contributed by atoms with Gasteiger partial charge in [0.1, 0.15) is 6.61 Å². The van der Waals surface area contributed by atoms with Gasteiger partial charge in [0, 0.05) is 25.3 Å². The first kappa shape index (κ1) is 17.7. The zero-order valence-corrected chi connectivity index (χ0v) is 12.8. The largest absolute Gasteiger partial charge is 0.397 e. The van der Waals surface area contributed by atoms with Gasteiger partial charge in [-0.2, -0.15) is 0 Å². The average molecular weight is 317 g/mol. The van der Waals surface area contributed by atoms with E-state index in [1.165, 1.54) is 0 Å². The third-order valence-electron chi connectivity index (χ3n) is 2.53. The van der Waals surface area contributed by atoms with Crippen LogP contribution in [0.3, 0.4) is 0 Å². The molecular formula is C14H21ClN2O4. The van der Waals surface area contributed by atoms with Crippen LogP contribution in [-0.2, 0) is 19.0 Å². The zero-order valence-electron chi connectivity index (χ0n) is 12.1. The van der Waals surface area contributed by atoms with Gasteiger partial charge in [-0.3, -0.25) is 4.79 Å². The monoisotopic (exact) mass is 316 g/mol. The van der Waals surface area contributed by atoms with Crippen LogP contribution in [0.2, 0.25) is 5.02 Å². The van der Waals surface area contributed by atoms with E-state index < -0.39 is 0 Å². The number of methoxy groups -OCH3 is 1. The van der Waals surface area contributed by atoms with Crippen LogP contribution in [0.15, 0.2) is 18.2 Å². The molecule has 0 radical (unpaired) electrons. The minimum Gasteiger partial charge on any atom is -0.397 e. The van der Waals surface area contributed by atoms with Crippen molar-refractivity contribution in [1.82, 2.24) is 0 Å². The summed E-state index contributed by atoms with van der Waals surface area (Å²) in [6.45, 7) is 2.12. The number of amides is 1. The molecule has 0 aliphatic heterocycles. The van der Waals surface area contributed by atoms with E-state index in [2.05, 4.69) is 5.32 Å². The molecule has 1 amide bonds. The molecule has 0 fully saturated rings. The van der Waals surface area contributed by atoms with Gasteiger partial charge in [-0.1, -0.05) is 11.6 Å². The third kappa shape index (κ3) is 7.87. The number of nitrogens with one attached hydrogen (secondary N) is 1. The van der Waals surface area contributed by atoms with Crippen molar-refractivity contribution < 1.29 is 19.0 Å². The lowest BCUT2D eigenvalue weighted by Crippen LogP contribution is -2.19. The number of nitrogen functional groups attached to an aromatic ring is 1. The summed E-state index contributed by atoms with van der Waals surface area (Å²) in [5, 5.41) is 3.16. The van der Waals surface area contributed by atoms with E-state index in [1.807, 2.05) is 0 Å². The number of nitrogens with two attached hydrogens (primary N) is 1. The van der Waals surface area contributed by atoms with Gasteiger partial charge in [0.25, 0.3) is 0 Å². The summed E-state index contributed by atoms with van der Waals surface area (Å²) in [4.78, 5) is 11.7. The van der Waals surface area contributed by atoms with Crippen LogP contribution in [0.4, 0.5) is 11.4 Å². The standard InChI is InChI=1S/C14H21ClN2O4/c1-19-7-8-20-5-2-6-21-10-14(18)17-13-9-11(15)3-4-12(13)16/h3-4,9H,2,5-8,10,16H2,1H3,(H,17,18). The maximum atomic E-state index is 11.7. The van der Waals surface area contributed by atoms with Gasteiger partial charge in [-0.25, -0.2) is 0 Å². The third-order valence-corrected chi connectivity index (χ3v) is 2.77. The Morgan fingerprint density at radius 1 is 1.24 bits per heavy atom. The molecule has 21 heavy (non-hydrogen) atoms. The van der Waals surface area contributed by atoms with E-state index in [4.69, 9.17) is 31.5 Å². The van der Waals surface area contributed by atoms with Gasteiger partial charge in [-0.05, 0) is 24.6 Å². The van der Waals surface area contributed by atoms with E-state index in [-0.39, 0.29) is 12.5 Å². The Morgan fingerprint density at radius 2 is 2.00 bits per heavy atom. The van der Waals surface area contributed by atoms with E-state index in [0.717, 1.165) is 6.42 Å². The van der Waals surface area contributed by atoms with E-state index in [1.54, 1.807) is 25.3 Å². The fourth-order valence-electron chi connectivity index (χ4n) is 1.50. The van der Waals surface area contributed by atoms with Crippen LogP contribution in [0.25, 0.3) is 0 Å². The summed E-state index contributed by atoms with van der Waals surface area (Å²) in [6, 6.07) is 4.89. The van der Waals surface area contributed by atoms with Crippen molar-refractivity contribution in [3.05, 3.63) is 23.2 Å². The highest BCUT2D eigenvalue weighted by Gasteiger charge is 2.06. The lowest BCUT2D eigenvalue weighted by molar-refractivity contribution is -0.120. The Kier molecular flexibility index (Phi) is 8.77. The number of carbonyl (C=O) groups excluding carboxylic acids is 1. The van der Waals surface area contributed by atoms with E-state index in [9.17, 15) is 4.79 Å². The van der Waals surface area contributed by atoms with Crippen molar-refractivity contribution in [3.8, 4) is 0 Å². The molecule has 0 bridgehead atoms. The predicted octanol–water partition coefficient (Wildman–Crippen LogP) is 1.93. The normalized spacial score (nSPS) is 10.6. The second-order valence-corrected chi connectivity index (χ2v) is 4.73. The van der Waals surface area contributed by atoms with Gasteiger partial charge >= 0.3 is 0 Å². The molecule has 0 aromatic heterocycles. The van der Waals surface area contributed by atoms with Crippen LogP contribution in [0.5, 0.6) is 0 Å². The van der Waals surface area contributed by atoms with Crippen molar-refractivity contribution >= 4 is 28.9 Å². The van der Waals surface area contributed by atoms with Crippen molar-refractivity contribution in [1.29, 1.82) is 0 Å². The second-order valence-electron chi connectivity index (χ2n) is 4.29. The molecule has 0 spiro atoms. The molecule has 6 nitrogen and oxygen atoms in total. The molecular weight excluding hydrogens is 296 g/mol. The molecule has 0 heterocycles. The van der Waals surface area contributed by atoms with Crippen LogP contribution in [0.1, 0.15) is 6.42 Å². The summed E-state index contributed by atoms with van der Waals surface area (Å²) >= 11 is 5.84. The number of anilines is 2. The fourth-order valence-corrected chi connectivity index (χ4v) is 1.67. The zero-order chi connectivity index (χ0) is 15.5. The molecule has 0 saturated heterocycles. The average Bonchev–Trinajstić information content (AvgIpc) is 2.46. The minimum atomic E-state index is -0.274. The highest BCUT2D eigenvalue weighted by atomic mass is 35.5. The number of benzene rings is 1. The summed E-state index contributed by atoms with van der Waals surface area (Å²) in [7, 11) is 1.62. The smallest absolute Gasteiger partial charge is 0.250 e. The molecule has 0 saturated carbocycles. The quantitative estimate of drug-likeness (QED) is 0.509. The minimum absolute atomic E-state index is 0.0377. The maximum absolute atomic E-state index is 11.7. The number of hydrogen-bond donors (Lipinski definition) is 2. The van der Waals surface area contributed by atoms with Crippen molar-refractivity contribution in [3.63, 3.8) is 0 Å². The number of halogens is 1. The topological polar surface area (TPSA) is 82.8 Å². The van der Waals surface area contributed by atoms with Crippen LogP contribution >= 0.6 is 11.6 Å². The molecule has 118 valence electrons. The Morgan fingerprint density at radius 3 is 2.76 bits per heavy atom. The fraction of sp³-hybridized carbons (Fsp3) is 0.500. The Hall–Kier alpha value is -1.34. The van der Waals surface area contributed by atoms with Crippen molar-refractivity contribution in [2.24, 2.45) is 0 Å². The lowest BCUT2D eigenvalue weighted by Gasteiger charge is -2.09. The Bertz CT molecular complexity index is 443. The summed E-state index contributed by atoms with van der Waals surface area (Å²) in [6.07, 6.45) is 0.719. The van der Waals surface area contributed by atoms with Gasteiger partial charge < -0.3 is 25.3 Å². The highest BCUT2D eigenvalue weighted by molar-refractivity contribution is 6.31. The van der Waals surface area contributed by atoms with Crippen LogP contribution in [0, 0.1) is 0 Å². The first-order chi connectivity index (χ1) is 10.1. The predicted molar refractivity (Wildman–Crippen MR) is 82.6 cm³/mol. The molecule has 1 aromatic carbocycles. The molecule has 3 N–H and O–H groups in total. The number of carbonyl (C=O) groups is 1. The first-order valence-electron chi connectivity index (χ1n) is 6.62. The van der Waals surface area contributed by atoms with E-state index in [0.29, 0.717) is 42.8 Å². The van der Waals surface area contributed by atoms with Gasteiger partial charge in [-0.15, -0.1) is 0 Å². The molecule has 0 aliphatic carbocycles. The molecule has 1 aromatic rings. The van der Waals surface area contributed by atoms with Gasteiger partial charge in [0.05, 0.1) is 24.6 Å². The van der Waals surface area contributed by atoms with Gasteiger partial charge in [0.15, 0.2) is 0 Å². The summed E-state index contributed by atoms with van der Waals surface area (Å²) in [5.41, 5.74) is 6.67. The lowest BCUT2D eigenvalue weighted by atomic mass is 10.2. The molecule has 0 aliphatic rings. The second kappa shape index (κ2) is 10.4. The maximum Gasteiger partial charge on any atom is 0.250 e. The van der Waals surface area contributed by atoms with Crippen molar-refractivity contribution in [2.75, 3.05) is 51.2 Å². The Balaban J connectivity index is 2.13. The van der Waals surface area contributed by atoms with Crippen LogP contribution in [-0.4, -0.2) is 46.1 Å². The first-order valence-corrected chi connectivity index (χ1v) is 7.00. The Labute approximate surface area is 129 Å². The molecule has 7 heteroatoms. The van der Waals surface area contributed by atoms with Crippen LogP contribution < -0.4 is 11.1 Å². The SMILES string of the molecule is COCCOCCCOCC(=O)Nc1cc(Cl)ccc1N. The van der Waals surface area contributed by atoms with Crippen molar-refractivity contribution in [2.45, 2.75) is 6.42 Å². The summed E-state index contributed by atoms with van der Waals surface area (Å²) < 4.78 is 15.4. The molecule has 1 rings (SSSR count). The number of hydrogen-bond acceptors (Lipinski definition) is 5.